The molecule has 0 fully saturated rings. The fraction of sp³-hybridized carbons (Fsp3) is 0.417. The molecular weight excluding hydrogens is 202 g/mol. The van der Waals surface area contributed by atoms with Crippen molar-refractivity contribution in [2.45, 2.75) is 25.9 Å². The highest BCUT2D eigenvalue weighted by Crippen LogP contribution is 2.24. The normalized spacial score (nSPS) is 13.6. The SMILES string of the molecule is CC(C)n1cnc2cccc(C(N)CO)c21. The predicted octanol–water partition coefficient (Wildman–Crippen LogP) is 1.61. The summed E-state index contributed by atoms with van der Waals surface area (Å²) in [6, 6.07) is 5.81. The monoisotopic (exact) mass is 219 g/mol. The van der Waals surface area contributed by atoms with Crippen LogP contribution in [0, 0.1) is 0 Å². The maximum Gasteiger partial charge on any atom is 0.0960 e. The first-order valence-electron chi connectivity index (χ1n) is 5.47. The van der Waals surface area contributed by atoms with Gasteiger partial charge in [0, 0.05) is 6.04 Å². The minimum Gasteiger partial charge on any atom is -0.394 e. The van der Waals surface area contributed by atoms with E-state index in [2.05, 4.69) is 23.4 Å². The van der Waals surface area contributed by atoms with Crippen LogP contribution >= 0.6 is 0 Å². The lowest BCUT2D eigenvalue weighted by Gasteiger charge is -2.14. The molecule has 0 radical (unpaired) electrons. The van der Waals surface area contributed by atoms with Gasteiger partial charge in [0.25, 0.3) is 0 Å². The molecule has 1 unspecified atom stereocenters. The Kier molecular flexibility index (Phi) is 2.94. The van der Waals surface area contributed by atoms with E-state index < -0.39 is 0 Å². The number of imidazole rings is 1. The molecule has 0 aliphatic rings. The summed E-state index contributed by atoms with van der Waals surface area (Å²) in [6.45, 7) is 4.15. The Labute approximate surface area is 94.7 Å². The van der Waals surface area contributed by atoms with E-state index in [1.54, 1.807) is 0 Å². The van der Waals surface area contributed by atoms with E-state index in [4.69, 9.17) is 10.8 Å². The van der Waals surface area contributed by atoms with Crippen molar-refractivity contribution in [1.29, 1.82) is 0 Å². The number of hydrogen-bond donors (Lipinski definition) is 2. The summed E-state index contributed by atoms with van der Waals surface area (Å²) in [5.41, 5.74) is 8.80. The summed E-state index contributed by atoms with van der Waals surface area (Å²) < 4.78 is 2.08. The van der Waals surface area contributed by atoms with Crippen LogP contribution in [0.3, 0.4) is 0 Å². The molecule has 2 aromatic rings. The van der Waals surface area contributed by atoms with E-state index in [1.807, 2.05) is 24.5 Å². The molecule has 0 spiro atoms. The molecule has 0 aliphatic heterocycles. The van der Waals surface area contributed by atoms with Gasteiger partial charge in [0.05, 0.1) is 30.0 Å². The smallest absolute Gasteiger partial charge is 0.0960 e. The molecule has 1 atom stereocenters. The molecule has 0 aliphatic carbocycles. The molecule has 0 saturated heterocycles. The highest BCUT2D eigenvalue weighted by atomic mass is 16.3. The van der Waals surface area contributed by atoms with Gasteiger partial charge >= 0.3 is 0 Å². The van der Waals surface area contributed by atoms with E-state index in [9.17, 15) is 0 Å². The van der Waals surface area contributed by atoms with E-state index in [1.165, 1.54) is 0 Å². The van der Waals surface area contributed by atoms with E-state index in [0.717, 1.165) is 16.6 Å². The van der Waals surface area contributed by atoms with Gasteiger partial charge in [-0.15, -0.1) is 0 Å². The van der Waals surface area contributed by atoms with Gasteiger partial charge in [-0.2, -0.15) is 0 Å². The number of aromatic nitrogens is 2. The van der Waals surface area contributed by atoms with Crippen molar-refractivity contribution in [3.63, 3.8) is 0 Å². The van der Waals surface area contributed by atoms with Crippen molar-refractivity contribution in [2.75, 3.05) is 6.61 Å². The standard InChI is InChI=1S/C12H17N3O/c1-8(2)15-7-14-11-5-3-4-9(12(11)15)10(13)6-16/h3-5,7-8,10,16H,6,13H2,1-2H3. The summed E-state index contributed by atoms with van der Waals surface area (Å²) in [4.78, 5) is 4.34. The molecule has 4 nitrogen and oxygen atoms in total. The minimum atomic E-state index is -0.349. The largest absolute Gasteiger partial charge is 0.394 e. The maximum absolute atomic E-state index is 9.16. The van der Waals surface area contributed by atoms with Gasteiger partial charge in [-0.3, -0.25) is 0 Å². The number of para-hydroxylation sites is 1. The van der Waals surface area contributed by atoms with Crippen molar-refractivity contribution < 1.29 is 5.11 Å². The number of fused-ring (bicyclic) bond motifs is 1. The van der Waals surface area contributed by atoms with Gasteiger partial charge in [0.2, 0.25) is 0 Å². The second-order valence-corrected chi connectivity index (χ2v) is 4.25. The molecular formula is C12H17N3O. The Balaban J connectivity index is 2.68. The van der Waals surface area contributed by atoms with Gasteiger partial charge in [-0.25, -0.2) is 4.98 Å². The molecule has 0 amide bonds. The Morgan fingerprint density at radius 2 is 2.19 bits per heavy atom. The molecule has 1 aromatic heterocycles. The Hall–Kier alpha value is -1.39. The average molecular weight is 219 g/mol. The van der Waals surface area contributed by atoms with Crippen LogP contribution in [0.2, 0.25) is 0 Å². The lowest BCUT2D eigenvalue weighted by Crippen LogP contribution is -2.16. The highest BCUT2D eigenvalue weighted by Gasteiger charge is 2.14. The molecule has 86 valence electrons. The zero-order chi connectivity index (χ0) is 11.7. The number of aliphatic hydroxyl groups excluding tert-OH is 1. The Morgan fingerprint density at radius 1 is 1.44 bits per heavy atom. The van der Waals surface area contributed by atoms with Crippen LogP contribution in [0.5, 0.6) is 0 Å². The molecule has 4 heteroatoms. The maximum atomic E-state index is 9.16. The van der Waals surface area contributed by atoms with E-state index in [-0.39, 0.29) is 12.6 Å². The Morgan fingerprint density at radius 3 is 2.81 bits per heavy atom. The molecule has 16 heavy (non-hydrogen) atoms. The number of aliphatic hydroxyl groups is 1. The third kappa shape index (κ3) is 1.70. The van der Waals surface area contributed by atoms with E-state index >= 15 is 0 Å². The minimum absolute atomic E-state index is 0.0532. The first-order valence-corrected chi connectivity index (χ1v) is 5.47. The van der Waals surface area contributed by atoms with Crippen LogP contribution < -0.4 is 5.73 Å². The quantitative estimate of drug-likeness (QED) is 0.824. The highest BCUT2D eigenvalue weighted by molar-refractivity contribution is 5.79. The summed E-state index contributed by atoms with van der Waals surface area (Å²) in [6.07, 6.45) is 1.82. The second kappa shape index (κ2) is 4.23. The summed E-state index contributed by atoms with van der Waals surface area (Å²) >= 11 is 0. The van der Waals surface area contributed by atoms with Crippen molar-refractivity contribution in [3.05, 3.63) is 30.1 Å². The van der Waals surface area contributed by atoms with Crippen LogP contribution in [0.25, 0.3) is 11.0 Å². The van der Waals surface area contributed by atoms with Gasteiger partial charge in [0.15, 0.2) is 0 Å². The fourth-order valence-corrected chi connectivity index (χ4v) is 1.91. The third-order valence-electron chi connectivity index (χ3n) is 2.78. The van der Waals surface area contributed by atoms with Crippen LogP contribution in [0.1, 0.15) is 31.5 Å². The molecule has 1 heterocycles. The van der Waals surface area contributed by atoms with Crippen molar-refractivity contribution in [2.24, 2.45) is 5.73 Å². The fourth-order valence-electron chi connectivity index (χ4n) is 1.91. The second-order valence-electron chi connectivity index (χ2n) is 4.25. The van der Waals surface area contributed by atoms with Crippen LogP contribution in [0.15, 0.2) is 24.5 Å². The number of nitrogens with two attached hydrogens (primary N) is 1. The molecule has 3 N–H and O–H groups in total. The molecule has 2 rings (SSSR count). The van der Waals surface area contributed by atoms with Gasteiger partial charge in [-0.1, -0.05) is 12.1 Å². The summed E-state index contributed by atoms with van der Waals surface area (Å²) in [5, 5.41) is 9.16. The number of rotatable bonds is 3. The van der Waals surface area contributed by atoms with Crippen LogP contribution in [0.4, 0.5) is 0 Å². The zero-order valence-electron chi connectivity index (χ0n) is 9.59. The Bertz CT molecular complexity index is 490. The van der Waals surface area contributed by atoms with Gasteiger partial charge < -0.3 is 15.4 Å². The lowest BCUT2D eigenvalue weighted by atomic mass is 10.1. The molecule has 0 bridgehead atoms. The number of nitrogens with zero attached hydrogens (tertiary/aromatic N) is 2. The number of hydrogen-bond acceptors (Lipinski definition) is 3. The van der Waals surface area contributed by atoms with Crippen LogP contribution in [-0.4, -0.2) is 21.3 Å². The van der Waals surface area contributed by atoms with Crippen molar-refractivity contribution >= 4 is 11.0 Å². The van der Waals surface area contributed by atoms with Crippen LogP contribution in [-0.2, 0) is 0 Å². The first kappa shape index (κ1) is 11.1. The number of benzene rings is 1. The average Bonchev–Trinajstić information content (AvgIpc) is 2.71. The third-order valence-corrected chi connectivity index (χ3v) is 2.78. The predicted molar refractivity (Wildman–Crippen MR) is 64.1 cm³/mol. The summed E-state index contributed by atoms with van der Waals surface area (Å²) in [5.74, 6) is 0. The topological polar surface area (TPSA) is 64.1 Å². The van der Waals surface area contributed by atoms with Crippen molar-refractivity contribution in [1.82, 2.24) is 9.55 Å². The van der Waals surface area contributed by atoms with Gasteiger partial charge in [-0.05, 0) is 25.5 Å². The lowest BCUT2D eigenvalue weighted by molar-refractivity contribution is 0.268. The van der Waals surface area contributed by atoms with E-state index in [0.29, 0.717) is 6.04 Å². The summed E-state index contributed by atoms with van der Waals surface area (Å²) in [7, 11) is 0. The van der Waals surface area contributed by atoms with Crippen molar-refractivity contribution in [3.8, 4) is 0 Å². The zero-order valence-corrected chi connectivity index (χ0v) is 9.59. The van der Waals surface area contributed by atoms with Gasteiger partial charge in [0.1, 0.15) is 0 Å². The first-order chi connectivity index (χ1) is 7.65. The molecule has 0 saturated carbocycles. The molecule has 1 aromatic carbocycles.